The van der Waals surface area contributed by atoms with Crippen LogP contribution in [0.3, 0.4) is 0 Å². The molecule has 0 aliphatic rings. The van der Waals surface area contributed by atoms with Gasteiger partial charge in [-0.1, -0.05) is 13.8 Å². The summed E-state index contributed by atoms with van der Waals surface area (Å²) in [5.41, 5.74) is 7.35. The summed E-state index contributed by atoms with van der Waals surface area (Å²) in [4.78, 5) is 16.5. The van der Waals surface area contributed by atoms with Gasteiger partial charge in [0.15, 0.2) is 5.13 Å². The van der Waals surface area contributed by atoms with Gasteiger partial charge in [0, 0.05) is 10.9 Å². The second kappa shape index (κ2) is 7.43. The minimum atomic E-state index is -0.561. The minimum absolute atomic E-state index is 0.0629. The molecule has 0 spiro atoms. The molecule has 0 saturated carbocycles. The molecule has 0 aliphatic carbocycles. The number of benzene rings is 1. The SMILES string of the molecule is COc1ccc(OC)c(-c2csc(NC(=O)C(N)C(C)C)n2)c1. The van der Waals surface area contributed by atoms with Gasteiger partial charge in [-0.2, -0.15) is 0 Å². The average molecular weight is 335 g/mol. The van der Waals surface area contributed by atoms with Crippen LogP contribution in [0.5, 0.6) is 11.5 Å². The van der Waals surface area contributed by atoms with E-state index in [1.807, 2.05) is 37.4 Å². The van der Waals surface area contributed by atoms with Crippen molar-refractivity contribution in [3.05, 3.63) is 23.6 Å². The number of aromatic nitrogens is 1. The standard InChI is InChI=1S/C16H21N3O3S/c1-9(2)14(17)15(20)19-16-18-12(8-23-16)11-7-10(21-3)5-6-13(11)22-4/h5-9,14H,17H2,1-4H3,(H,18,19,20). The molecule has 23 heavy (non-hydrogen) atoms. The summed E-state index contributed by atoms with van der Waals surface area (Å²) in [6, 6.07) is 4.92. The molecule has 3 N–H and O–H groups in total. The number of hydrogen-bond donors (Lipinski definition) is 2. The first-order valence-corrected chi connectivity index (χ1v) is 8.08. The summed E-state index contributed by atoms with van der Waals surface area (Å²) in [6.45, 7) is 3.80. The molecule has 6 nitrogen and oxygen atoms in total. The topological polar surface area (TPSA) is 86.5 Å². The molecule has 0 saturated heterocycles. The van der Waals surface area contributed by atoms with Gasteiger partial charge in [-0.25, -0.2) is 4.98 Å². The smallest absolute Gasteiger partial charge is 0.243 e. The molecular formula is C16H21N3O3S. The molecule has 7 heteroatoms. The van der Waals surface area contributed by atoms with E-state index in [1.165, 1.54) is 11.3 Å². The molecule has 2 aromatic rings. The van der Waals surface area contributed by atoms with Crippen LogP contribution in [0.4, 0.5) is 5.13 Å². The maximum atomic E-state index is 12.0. The highest BCUT2D eigenvalue weighted by Crippen LogP contribution is 2.35. The summed E-state index contributed by atoms with van der Waals surface area (Å²) in [6.07, 6.45) is 0. The molecule has 1 aromatic heterocycles. The molecule has 1 unspecified atom stereocenters. The third-order valence-electron chi connectivity index (χ3n) is 3.44. The monoisotopic (exact) mass is 335 g/mol. The summed E-state index contributed by atoms with van der Waals surface area (Å²) in [5.74, 6) is 1.22. The summed E-state index contributed by atoms with van der Waals surface area (Å²) in [7, 11) is 3.20. The predicted octanol–water partition coefficient (Wildman–Crippen LogP) is 2.75. The van der Waals surface area contributed by atoms with Crippen molar-refractivity contribution in [1.82, 2.24) is 4.98 Å². The van der Waals surface area contributed by atoms with Crippen molar-refractivity contribution in [2.45, 2.75) is 19.9 Å². The lowest BCUT2D eigenvalue weighted by Gasteiger charge is -2.13. The summed E-state index contributed by atoms with van der Waals surface area (Å²) < 4.78 is 10.6. The number of amides is 1. The van der Waals surface area contributed by atoms with Crippen molar-refractivity contribution in [2.75, 3.05) is 19.5 Å². The van der Waals surface area contributed by atoms with Crippen LogP contribution in [0, 0.1) is 5.92 Å². The first-order valence-electron chi connectivity index (χ1n) is 7.20. The van der Waals surface area contributed by atoms with Gasteiger partial charge in [-0.3, -0.25) is 4.79 Å². The largest absolute Gasteiger partial charge is 0.497 e. The molecule has 0 bridgehead atoms. The highest BCUT2D eigenvalue weighted by Gasteiger charge is 2.19. The van der Waals surface area contributed by atoms with Gasteiger partial charge in [0.1, 0.15) is 11.5 Å². The maximum absolute atomic E-state index is 12.0. The number of thiazole rings is 1. The Labute approximate surface area is 139 Å². The van der Waals surface area contributed by atoms with Gasteiger partial charge >= 0.3 is 0 Å². The van der Waals surface area contributed by atoms with Gasteiger partial charge in [0.2, 0.25) is 5.91 Å². The van der Waals surface area contributed by atoms with E-state index in [0.29, 0.717) is 22.3 Å². The molecular weight excluding hydrogens is 314 g/mol. The second-order valence-corrected chi connectivity index (χ2v) is 6.22. The fraction of sp³-hybridized carbons (Fsp3) is 0.375. The zero-order chi connectivity index (χ0) is 17.0. The molecule has 0 aliphatic heterocycles. The highest BCUT2D eigenvalue weighted by molar-refractivity contribution is 7.14. The minimum Gasteiger partial charge on any atom is -0.497 e. The fourth-order valence-corrected chi connectivity index (χ4v) is 2.67. The van der Waals surface area contributed by atoms with E-state index in [9.17, 15) is 4.79 Å². The van der Waals surface area contributed by atoms with E-state index in [4.69, 9.17) is 15.2 Å². The highest BCUT2D eigenvalue weighted by atomic mass is 32.1. The van der Waals surface area contributed by atoms with Crippen LogP contribution in [-0.2, 0) is 4.79 Å². The van der Waals surface area contributed by atoms with E-state index < -0.39 is 6.04 Å². The van der Waals surface area contributed by atoms with Gasteiger partial charge in [0.05, 0.1) is 26.0 Å². The van der Waals surface area contributed by atoms with Crippen LogP contribution in [-0.4, -0.2) is 31.2 Å². The molecule has 0 radical (unpaired) electrons. The molecule has 1 heterocycles. The van der Waals surface area contributed by atoms with E-state index in [0.717, 1.165) is 5.56 Å². The zero-order valence-electron chi connectivity index (χ0n) is 13.6. The third-order valence-corrected chi connectivity index (χ3v) is 4.20. The number of nitrogens with one attached hydrogen (secondary N) is 1. The van der Waals surface area contributed by atoms with Crippen molar-refractivity contribution in [1.29, 1.82) is 0 Å². The van der Waals surface area contributed by atoms with Crippen LogP contribution in [0.2, 0.25) is 0 Å². The second-order valence-electron chi connectivity index (χ2n) is 5.36. The Morgan fingerprint density at radius 1 is 1.30 bits per heavy atom. The zero-order valence-corrected chi connectivity index (χ0v) is 14.4. The molecule has 1 atom stereocenters. The quantitative estimate of drug-likeness (QED) is 0.847. The van der Waals surface area contributed by atoms with Crippen LogP contribution in [0.1, 0.15) is 13.8 Å². The Hall–Kier alpha value is -2.12. The molecule has 1 aromatic carbocycles. The molecule has 2 rings (SSSR count). The van der Waals surface area contributed by atoms with Crippen LogP contribution in [0.25, 0.3) is 11.3 Å². The molecule has 124 valence electrons. The van der Waals surface area contributed by atoms with Crippen molar-refractivity contribution in [2.24, 2.45) is 11.7 Å². The number of ether oxygens (including phenoxy) is 2. The van der Waals surface area contributed by atoms with Crippen molar-refractivity contribution < 1.29 is 14.3 Å². The first-order chi connectivity index (χ1) is 11.0. The Kier molecular flexibility index (Phi) is 5.57. The van der Waals surface area contributed by atoms with E-state index in [1.54, 1.807) is 14.2 Å². The Balaban J connectivity index is 2.24. The van der Waals surface area contributed by atoms with E-state index >= 15 is 0 Å². The number of anilines is 1. The van der Waals surface area contributed by atoms with Gasteiger partial charge in [-0.15, -0.1) is 11.3 Å². The van der Waals surface area contributed by atoms with Crippen LogP contribution >= 0.6 is 11.3 Å². The predicted molar refractivity (Wildman–Crippen MR) is 92.1 cm³/mol. The average Bonchev–Trinajstić information content (AvgIpc) is 3.01. The maximum Gasteiger partial charge on any atom is 0.243 e. The third kappa shape index (κ3) is 4.00. The number of rotatable bonds is 6. The number of nitrogens with zero attached hydrogens (tertiary/aromatic N) is 1. The normalized spacial score (nSPS) is 12.1. The summed E-state index contributed by atoms with van der Waals surface area (Å²) >= 11 is 1.34. The number of hydrogen-bond acceptors (Lipinski definition) is 6. The Morgan fingerprint density at radius 3 is 2.65 bits per heavy atom. The van der Waals surface area contributed by atoms with Gasteiger partial charge < -0.3 is 20.5 Å². The van der Waals surface area contributed by atoms with E-state index in [2.05, 4.69) is 10.3 Å². The molecule has 1 amide bonds. The first kappa shape index (κ1) is 17.2. The lowest BCUT2D eigenvalue weighted by Crippen LogP contribution is -2.39. The number of carbonyl (C=O) groups is 1. The Morgan fingerprint density at radius 2 is 2.04 bits per heavy atom. The molecule has 0 fully saturated rings. The van der Waals surface area contributed by atoms with Gasteiger partial charge in [0.25, 0.3) is 0 Å². The number of nitrogens with two attached hydrogens (primary N) is 1. The van der Waals surface area contributed by atoms with Crippen molar-refractivity contribution >= 4 is 22.4 Å². The number of methoxy groups -OCH3 is 2. The lowest BCUT2D eigenvalue weighted by molar-refractivity contribution is -0.118. The van der Waals surface area contributed by atoms with Crippen LogP contribution < -0.4 is 20.5 Å². The fourth-order valence-electron chi connectivity index (χ4n) is 1.96. The van der Waals surface area contributed by atoms with Crippen molar-refractivity contribution in [3.63, 3.8) is 0 Å². The summed E-state index contributed by atoms with van der Waals surface area (Å²) in [5, 5.41) is 5.11. The van der Waals surface area contributed by atoms with Crippen molar-refractivity contribution in [3.8, 4) is 22.8 Å². The van der Waals surface area contributed by atoms with Gasteiger partial charge in [-0.05, 0) is 24.1 Å². The van der Waals surface area contributed by atoms with Crippen LogP contribution in [0.15, 0.2) is 23.6 Å². The lowest BCUT2D eigenvalue weighted by atomic mass is 10.1. The van der Waals surface area contributed by atoms with E-state index in [-0.39, 0.29) is 11.8 Å². The number of carbonyl (C=O) groups excluding carboxylic acids is 1. The Bertz CT molecular complexity index is 685.